The number of piperidine rings is 1. The molecule has 4 rings (SSSR count). The van der Waals surface area contributed by atoms with E-state index in [1.807, 2.05) is 24.4 Å². The van der Waals surface area contributed by atoms with E-state index in [2.05, 4.69) is 28.7 Å². The minimum Gasteiger partial charge on any atom is -0.337 e. The summed E-state index contributed by atoms with van der Waals surface area (Å²) >= 11 is 0. The van der Waals surface area contributed by atoms with Gasteiger partial charge in [-0.15, -0.1) is 0 Å². The topological polar surface area (TPSA) is 57.9 Å². The van der Waals surface area contributed by atoms with Crippen molar-refractivity contribution >= 4 is 17.3 Å². The second kappa shape index (κ2) is 8.56. The monoisotopic (exact) mass is 396 g/mol. The van der Waals surface area contributed by atoms with E-state index in [9.17, 15) is 9.59 Å². The lowest BCUT2D eigenvalue weighted by Crippen LogP contribution is -2.55. The maximum absolute atomic E-state index is 13.6. The maximum atomic E-state index is 13.6. The zero-order valence-electron chi connectivity index (χ0n) is 17.6. The first-order valence-corrected chi connectivity index (χ1v) is 11.2. The summed E-state index contributed by atoms with van der Waals surface area (Å²) in [6, 6.07) is 5.93. The molecule has 2 amide bonds. The molecule has 6 nitrogen and oxygen atoms in total. The van der Waals surface area contributed by atoms with Gasteiger partial charge < -0.3 is 9.80 Å². The van der Waals surface area contributed by atoms with Gasteiger partial charge in [0.05, 0.1) is 29.4 Å². The van der Waals surface area contributed by atoms with Crippen molar-refractivity contribution in [2.45, 2.75) is 70.9 Å². The van der Waals surface area contributed by atoms with Gasteiger partial charge in [-0.25, -0.2) is 4.52 Å². The second-order valence-electron chi connectivity index (χ2n) is 8.40. The zero-order valence-corrected chi connectivity index (χ0v) is 17.6. The highest BCUT2D eigenvalue weighted by Crippen LogP contribution is 2.32. The normalized spacial score (nSPS) is 22.6. The van der Waals surface area contributed by atoms with Crippen LogP contribution in [0.5, 0.6) is 0 Å². The van der Waals surface area contributed by atoms with Crippen LogP contribution in [0.3, 0.4) is 0 Å². The molecule has 156 valence electrons. The van der Waals surface area contributed by atoms with Crippen LogP contribution in [-0.2, 0) is 4.79 Å². The molecule has 2 aliphatic heterocycles. The van der Waals surface area contributed by atoms with Crippen molar-refractivity contribution in [2.24, 2.45) is 5.92 Å². The molecule has 2 aromatic heterocycles. The third-order valence-corrected chi connectivity index (χ3v) is 6.84. The third-order valence-electron chi connectivity index (χ3n) is 6.84. The third kappa shape index (κ3) is 3.65. The lowest BCUT2D eigenvalue weighted by molar-refractivity contribution is -0.138. The molecule has 0 N–H and O–H groups in total. The zero-order chi connectivity index (χ0) is 20.4. The van der Waals surface area contributed by atoms with Gasteiger partial charge in [-0.2, -0.15) is 5.10 Å². The molecule has 0 saturated carbocycles. The first-order chi connectivity index (χ1) is 14.2. The van der Waals surface area contributed by atoms with Gasteiger partial charge in [-0.1, -0.05) is 13.8 Å². The van der Waals surface area contributed by atoms with Crippen molar-refractivity contribution in [1.82, 2.24) is 19.4 Å². The van der Waals surface area contributed by atoms with Gasteiger partial charge in [0.25, 0.3) is 5.91 Å². The molecular weight excluding hydrogens is 364 g/mol. The number of fused-ring (bicyclic) bond motifs is 1. The lowest BCUT2D eigenvalue weighted by Gasteiger charge is -2.43. The van der Waals surface area contributed by atoms with Crippen molar-refractivity contribution in [3.63, 3.8) is 0 Å². The second-order valence-corrected chi connectivity index (χ2v) is 8.40. The average molecular weight is 397 g/mol. The highest BCUT2D eigenvalue weighted by atomic mass is 16.2. The average Bonchev–Trinajstić information content (AvgIpc) is 3.43. The molecule has 2 unspecified atom stereocenters. The summed E-state index contributed by atoms with van der Waals surface area (Å²) < 4.78 is 1.75. The summed E-state index contributed by atoms with van der Waals surface area (Å²) in [5.74, 6) is 0.458. The quantitative estimate of drug-likeness (QED) is 0.773. The van der Waals surface area contributed by atoms with Gasteiger partial charge in [0, 0.05) is 25.2 Å². The first-order valence-electron chi connectivity index (χ1n) is 11.2. The highest BCUT2D eigenvalue weighted by molar-refractivity contribution is 6.01. The number of amides is 2. The Morgan fingerprint density at radius 2 is 1.76 bits per heavy atom. The summed E-state index contributed by atoms with van der Waals surface area (Å²) in [7, 11) is 0. The first kappa shape index (κ1) is 19.9. The number of rotatable bonds is 5. The predicted octanol–water partition coefficient (Wildman–Crippen LogP) is 3.76. The van der Waals surface area contributed by atoms with E-state index in [1.54, 1.807) is 10.7 Å². The minimum atomic E-state index is 0.0719. The number of likely N-dealkylation sites (tertiary alicyclic amines) is 2. The van der Waals surface area contributed by atoms with E-state index < -0.39 is 0 Å². The summed E-state index contributed by atoms with van der Waals surface area (Å²) in [5, 5.41) is 4.27. The van der Waals surface area contributed by atoms with Crippen LogP contribution in [0.1, 0.15) is 69.2 Å². The largest absolute Gasteiger partial charge is 0.337 e. The van der Waals surface area contributed by atoms with Crippen LogP contribution in [0, 0.1) is 5.92 Å². The highest BCUT2D eigenvalue weighted by Gasteiger charge is 2.41. The number of aromatic nitrogens is 2. The Bertz CT molecular complexity index is 873. The predicted molar refractivity (Wildman–Crippen MR) is 113 cm³/mol. The molecule has 29 heavy (non-hydrogen) atoms. The Morgan fingerprint density at radius 3 is 2.55 bits per heavy atom. The standard InChI is InChI=1S/C23H32N4O2/c1-3-17(4-2)22(28)25-15-8-11-21(25)20-10-5-6-14-26(20)23(29)18-9-7-16-27-19(18)12-13-24-27/h7,9,12-13,16-17,20-21H,3-6,8,10-11,14-15H2,1-2H3. The number of pyridine rings is 1. The number of carbonyl (C=O) groups excluding carboxylic acids is 2. The van der Waals surface area contributed by atoms with Crippen molar-refractivity contribution in [1.29, 1.82) is 0 Å². The van der Waals surface area contributed by atoms with Crippen LogP contribution in [0.25, 0.3) is 5.52 Å². The van der Waals surface area contributed by atoms with Gasteiger partial charge in [0.2, 0.25) is 5.91 Å². The van der Waals surface area contributed by atoms with E-state index >= 15 is 0 Å². The van der Waals surface area contributed by atoms with Crippen LogP contribution in [0.2, 0.25) is 0 Å². The smallest absolute Gasteiger partial charge is 0.256 e. The van der Waals surface area contributed by atoms with E-state index in [-0.39, 0.29) is 29.8 Å². The molecule has 2 aromatic rings. The van der Waals surface area contributed by atoms with Crippen LogP contribution in [0.15, 0.2) is 30.6 Å². The Kier molecular flexibility index (Phi) is 5.88. The van der Waals surface area contributed by atoms with Crippen LogP contribution < -0.4 is 0 Å². The molecule has 0 radical (unpaired) electrons. The molecular formula is C23H32N4O2. The molecule has 2 atom stereocenters. The maximum Gasteiger partial charge on any atom is 0.256 e. The number of carbonyl (C=O) groups is 2. The number of hydrogen-bond donors (Lipinski definition) is 0. The molecule has 0 spiro atoms. The summed E-state index contributed by atoms with van der Waals surface area (Å²) in [5.41, 5.74) is 1.55. The fraction of sp³-hybridized carbons (Fsp3) is 0.609. The fourth-order valence-electron chi connectivity index (χ4n) is 5.24. The molecule has 0 aliphatic carbocycles. The SMILES string of the molecule is CCC(CC)C(=O)N1CCCC1C1CCCCN1C(=O)c1cccn2nccc12. The summed E-state index contributed by atoms with van der Waals surface area (Å²) in [6.45, 7) is 5.79. The van der Waals surface area contributed by atoms with E-state index in [1.165, 1.54) is 0 Å². The van der Waals surface area contributed by atoms with Crippen LogP contribution >= 0.6 is 0 Å². The van der Waals surface area contributed by atoms with Crippen LogP contribution in [-0.4, -0.2) is 56.4 Å². The van der Waals surface area contributed by atoms with Crippen LogP contribution in [0.4, 0.5) is 0 Å². The summed E-state index contributed by atoms with van der Waals surface area (Å²) in [6.07, 6.45) is 10.5. The molecule has 2 fully saturated rings. The molecule has 6 heteroatoms. The Morgan fingerprint density at radius 1 is 1.03 bits per heavy atom. The Hall–Kier alpha value is -2.37. The number of nitrogens with zero attached hydrogens (tertiary/aromatic N) is 4. The Balaban J connectivity index is 1.61. The van der Waals surface area contributed by atoms with Crippen molar-refractivity contribution in [3.8, 4) is 0 Å². The number of hydrogen-bond acceptors (Lipinski definition) is 3. The molecule has 0 bridgehead atoms. The molecule has 2 aliphatic rings. The van der Waals surface area contributed by atoms with E-state index in [4.69, 9.17) is 0 Å². The fourth-order valence-corrected chi connectivity index (χ4v) is 5.24. The van der Waals surface area contributed by atoms with E-state index in [0.717, 1.165) is 63.6 Å². The molecule has 2 saturated heterocycles. The van der Waals surface area contributed by atoms with Crippen molar-refractivity contribution < 1.29 is 9.59 Å². The summed E-state index contributed by atoms with van der Waals surface area (Å²) in [4.78, 5) is 30.9. The van der Waals surface area contributed by atoms with Crippen molar-refractivity contribution in [2.75, 3.05) is 13.1 Å². The van der Waals surface area contributed by atoms with Gasteiger partial charge in [0.1, 0.15) is 0 Å². The van der Waals surface area contributed by atoms with Gasteiger partial charge in [-0.3, -0.25) is 9.59 Å². The van der Waals surface area contributed by atoms with Gasteiger partial charge in [-0.05, 0) is 63.1 Å². The Labute approximate surface area is 172 Å². The molecule has 0 aromatic carbocycles. The minimum absolute atomic E-state index is 0.0719. The van der Waals surface area contributed by atoms with E-state index in [0.29, 0.717) is 5.56 Å². The van der Waals surface area contributed by atoms with Gasteiger partial charge >= 0.3 is 0 Å². The van der Waals surface area contributed by atoms with Gasteiger partial charge in [0.15, 0.2) is 0 Å². The molecule has 4 heterocycles. The van der Waals surface area contributed by atoms with Crippen molar-refractivity contribution in [3.05, 3.63) is 36.2 Å². The lowest BCUT2D eigenvalue weighted by atomic mass is 9.92.